The zero-order chi connectivity index (χ0) is 48.5. The van der Waals surface area contributed by atoms with Crippen LogP contribution < -0.4 is 25.4 Å². The fourth-order valence-corrected chi connectivity index (χ4v) is 7.64. The minimum Gasteiger partial charge on any atom is -0.495 e. The van der Waals surface area contributed by atoms with Crippen molar-refractivity contribution in [1.82, 2.24) is 24.3 Å². The molecular weight excluding hydrogens is 845 g/mol. The van der Waals surface area contributed by atoms with Crippen molar-refractivity contribution in [2.24, 2.45) is 5.73 Å². The van der Waals surface area contributed by atoms with E-state index >= 15 is 0 Å². The fourth-order valence-electron chi connectivity index (χ4n) is 7.64. The van der Waals surface area contributed by atoms with E-state index in [2.05, 4.69) is 17.1 Å². The summed E-state index contributed by atoms with van der Waals surface area (Å²) >= 11 is 0. The Hall–Kier alpha value is -6.36. The number of aromatic nitrogens is 2. The SMILES string of the molecule is CCN1CCN(C(=O)CCCCCOc2cc(C)ccc2N(C)C(=O)c2ccc(-c3cccc4c3nc(NCCN(C)C(=O)OC(C)(C)C)n4C(=O)OC(C)(C)C)c(OC)c2C(N)=O)CC1. The Morgan fingerprint density at radius 1 is 0.864 bits per heavy atom. The van der Waals surface area contributed by atoms with Gasteiger partial charge in [-0.1, -0.05) is 25.1 Å². The van der Waals surface area contributed by atoms with Crippen molar-refractivity contribution < 1.29 is 42.9 Å². The number of ether oxygens (including phenoxy) is 4. The van der Waals surface area contributed by atoms with Crippen LogP contribution in [0.5, 0.6) is 11.5 Å². The van der Waals surface area contributed by atoms with Crippen LogP contribution in [-0.2, 0) is 14.3 Å². The normalized spacial score (nSPS) is 13.3. The third-order valence-corrected chi connectivity index (χ3v) is 11.1. The number of nitrogens with two attached hydrogens (primary N) is 1. The van der Waals surface area contributed by atoms with E-state index in [4.69, 9.17) is 29.7 Å². The number of para-hydroxylation sites is 1. The predicted molar refractivity (Wildman–Crippen MR) is 256 cm³/mol. The summed E-state index contributed by atoms with van der Waals surface area (Å²) in [6, 6.07) is 13.9. The Balaban J connectivity index is 1.39. The molecule has 1 fully saturated rings. The monoisotopic (exact) mass is 913 g/mol. The minimum atomic E-state index is -0.893. The first-order valence-electron chi connectivity index (χ1n) is 22.6. The number of amides is 4. The number of rotatable bonds is 17. The summed E-state index contributed by atoms with van der Waals surface area (Å²) in [6.45, 7) is 19.9. The molecule has 1 aliphatic heterocycles. The van der Waals surface area contributed by atoms with Crippen LogP contribution in [0.3, 0.4) is 0 Å². The first kappa shape index (κ1) is 50.6. The van der Waals surface area contributed by atoms with Gasteiger partial charge < -0.3 is 49.6 Å². The molecule has 0 bridgehead atoms. The van der Waals surface area contributed by atoms with Gasteiger partial charge in [-0.2, -0.15) is 0 Å². The van der Waals surface area contributed by atoms with Gasteiger partial charge in [0.1, 0.15) is 22.7 Å². The molecule has 66 heavy (non-hydrogen) atoms. The van der Waals surface area contributed by atoms with E-state index in [-0.39, 0.29) is 41.8 Å². The Morgan fingerprint density at radius 2 is 1.56 bits per heavy atom. The Morgan fingerprint density at radius 3 is 2.20 bits per heavy atom. The lowest BCUT2D eigenvalue weighted by Gasteiger charge is -2.34. The molecule has 1 aromatic heterocycles. The van der Waals surface area contributed by atoms with Gasteiger partial charge in [0, 0.05) is 70.9 Å². The van der Waals surface area contributed by atoms with E-state index in [9.17, 15) is 24.0 Å². The van der Waals surface area contributed by atoms with Gasteiger partial charge in [-0.25, -0.2) is 19.1 Å². The number of primary amides is 1. The number of anilines is 2. The summed E-state index contributed by atoms with van der Waals surface area (Å²) in [5.41, 5.74) is 7.41. The number of nitrogens with zero attached hydrogens (tertiary/aromatic N) is 6. The van der Waals surface area contributed by atoms with Crippen LogP contribution in [0.25, 0.3) is 22.2 Å². The van der Waals surface area contributed by atoms with Gasteiger partial charge in [0.2, 0.25) is 11.9 Å². The lowest BCUT2D eigenvalue weighted by molar-refractivity contribution is -0.133. The summed E-state index contributed by atoms with van der Waals surface area (Å²) < 4.78 is 24.7. The number of hydrogen-bond donors (Lipinski definition) is 2. The number of carbonyl (C=O) groups is 5. The maximum atomic E-state index is 14.4. The van der Waals surface area contributed by atoms with Crippen LogP contribution in [0, 0.1) is 6.92 Å². The molecule has 4 amide bonds. The number of hydrogen-bond acceptors (Lipinski definition) is 12. The van der Waals surface area contributed by atoms with Gasteiger partial charge in [0.05, 0.1) is 41.6 Å². The molecule has 17 nitrogen and oxygen atoms in total. The third kappa shape index (κ3) is 12.7. The zero-order valence-electron chi connectivity index (χ0n) is 40.5. The number of imidazole rings is 1. The highest BCUT2D eigenvalue weighted by Crippen LogP contribution is 2.40. The molecule has 1 saturated heterocycles. The van der Waals surface area contributed by atoms with Crippen LogP contribution in [0.1, 0.15) is 100 Å². The summed E-state index contributed by atoms with van der Waals surface area (Å²) in [6.07, 6.45) is 1.60. The Kier molecular flexibility index (Phi) is 16.7. The first-order chi connectivity index (χ1) is 31.1. The van der Waals surface area contributed by atoms with Crippen molar-refractivity contribution >= 4 is 52.6 Å². The first-order valence-corrected chi connectivity index (χ1v) is 22.6. The molecule has 358 valence electrons. The summed E-state index contributed by atoms with van der Waals surface area (Å²) in [5.74, 6) is -0.551. The van der Waals surface area contributed by atoms with Gasteiger partial charge in [0.25, 0.3) is 11.8 Å². The molecule has 17 heteroatoms. The number of aryl methyl sites for hydroxylation is 1. The van der Waals surface area contributed by atoms with Gasteiger partial charge >= 0.3 is 12.2 Å². The largest absolute Gasteiger partial charge is 0.495 e. The average Bonchev–Trinajstić information content (AvgIpc) is 3.64. The molecule has 0 radical (unpaired) electrons. The Bertz CT molecular complexity index is 2390. The van der Waals surface area contributed by atoms with Gasteiger partial charge in [-0.3, -0.25) is 14.4 Å². The number of piperazine rings is 1. The third-order valence-electron chi connectivity index (χ3n) is 11.1. The summed E-state index contributed by atoms with van der Waals surface area (Å²) in [5, 5.41) is 3.18. The highest BCUT2D eigenvalue weighted by Gasteiger charge is 2.30. The van der Waals surface area contributed by atoms with Crippen LogP contribution in [0.2, 0.25) is 0 Å². The molecule has 0 saturated carbocycles. The van der Waals surface area contributed by atoms with E-state index in [1.54, 1.807) is 86.0 Å². The second kappa shape index (κ2) is 21.8. The van der Waals surface area contributed by atoms with Gasteiger partial charge in [-0.05, 0) is 110 Å². The van der Waals surface area contributed by atoms with E-state index < -0.39 is 35.2 Å². The molecule has 0 aliphatic carbocycles. The second-order valence-corrected chi connectivity index (χ2v) is 18.5. The molecule has 4 aromatic rings. The lowest BCUT2D eigenvalue weighted by Crippen LogP contribution is -2.48. The standard InChI is InChI=1S/C49H68N8O9/c1-12-55-26-28-56(29-27-55)39(58)19-14-13-15-30-64-38-31-32(2)20-23-36(38)54(10)44(60)35-22-21-34(42(63-11)40(35)43(50)59)33-17-16-18-37-41(33)52-45(57(37)47(62)66-49(6,7)8)51-24-25-53(9)46(61)65-48(3,4)5/h16-18,20-23,31H,12-15,19,24-30H2,1-11H3,(H2,50,59)(H,51,52). The molecule has 3 N–H and O–H groups in total. The molecule has 0 atom stereocenters. The van der Waals surface area contributed by atoms with Gasteiger partial charge in [-0.15, -0.1) is 0 Å². The molecule has 3 aromatic carbocycles. The van der Waals surface area contributed by atoms with Crippen LogP contribution in [0.15, 0.2) is 48.5 Å². The number of methoxy groups -OCH3 is 1. The van der Waals surface area contributed by atoms with Crippen LogP contribution in [0.4, 0.5) is 21.2 Å². The van der Waals surface area contributed by atoms with Gasteiger partial charge in [0.15, 0.2) is 0 Å². The molecule has 1 aliphatic rings. The lowest BCUT2D eigenvalue weighted by atomic mass is 9.95. The van der Waals surface area contributed by atoms with E-state index in [0.717, 1.165) is 57.5 Å². The number of nitrogens with one attached hydrogen (secondary N) is 1. The van der Waals surface area contributed by atoms with Crippen molar-refractivity contribution in [3.63, 3.8) is 0 Å². The molecule has 0 spiro atoms. The topological polar surface area (TPSA) is 191 Å². The fraction of sp³-hybridized carbons (Fsp3) is 0.510. The van der Waals surface area contributed by atoms with Crippen molar-refractivity contribution in [2.45, 2.75) is 92.3 Å². The number of fused-ring (bicyclic) bond motifs is 1. The zero-order valence-corrected chi connectivity index (χ0v) is 40.5. The number of carbonyl (C=O) groups excluding carboxylic acids is 5. The minimum absolute atomic E-state index is 0.000761. The number of likely N-dealkylation sites (N-methyl/N-ethyl adjacent to an activating group) is 2. The summed E-state index contributed by atoms with van der Waals surface area (Å²) in [7, 11) is 4.59. The second-order valence-electron chi connectivity index (χ2n) is 18.5. The van der Waals surface area contributed by atoms with Crippen molar-refractivity contribution in [2.75, 3.05) is 83.8 Å². The highest BCUT2D eigenvalue weighted by atomic mass is 16.6. The predicted octanol–water partition coefficient (Wildman–Crippen LogP) is 7.56. The van der Waals surface area contributed by atoms with E-state index in [1.165, 1.54) is 27.5 Å². The Labute approximate surface area is 388 Å². The summed E-state index contributed by atoms with van der Waals surface area (Å²) in [4.78, 5) is 79.0. The quantitative estimate of drug-likeness (QED) is 0.0991. The van der Waals surface area contributed by atoms with Crippen molar-refractivity contribution in [3.8, 4) is 22.6 Å². The maximum Gasteiger partial charge on any atom is 0.421 e. The maximum absolute atomic E-state index is 14.4. The van der Waals surface area contributed by atoms with E-state index in [0.29, 0.717) is 46.6 Å². The molecular formula is C49H68N8O9. The smallest absolute Gasteiger partial charge is 0.421 e. The van der Waals surface area contributed by atoms with Crippen LogP contribution >= 0.6 is 0 Å². The number of unbranched alkanes of at least 4 members (excludes halogenated alkanes) is 2. The number of benzene rings is 3. The van der Waals surface area contributed by atoms with Crippen molar-refractivity contribution in [3.05, 3.63) is 65.2 Å². The molecule has 2 heterocycles. The van der Waals surface area contributed by atoms with Crippen LogP contribution in [-0.4, -0.2) is 139 Å². The highest BCUT2D eigenvalue weighted by molar-refractivity contribution is 6.16. The van der Waals surface area contributed by atoms with Crippen molar-refractivity contribution in [1.29, 1.82) is 0 Å². The molecule has 0 unspecified atom stereocenters. The van der Waals surface area contributed by atoms with E-state index in [1.807, 2.05) is 24.0 Å². The average molecular weight is 913 g/mol. The molecule has 5 rings (SSSR count).